The predicted octanol–water partition coefficient (Wildman–Crippen LogP) is 6.48. The monoisotopic (exact) mass is 479 g/mol. The zero-order valence-corrected chi connectivity index (χ0v) is 18.1. The second-order valence-electron chi connectivity index (χ2n) is 6.79. The molecule has 2 aromatic carbocycles. The Morgan fingerprint density at radius 2 is 1.62 bits per heavy atom. The largest absolute Gasteiger partial charge is 0.573 e. The Morgan fingerprint density at radius 3 is 2.34 bits per heavy atom. The fourth-order valence-corrected chi connectivity index (χ4v) is 4.14. The quantitative estimate of drug-likeness (QED) is 0.313. The van der Waals surface area contributed by atoms with Gasteiger partial charge in [0.2, 0.25) is 0 Å². The topological polar surface area (TPSA) is 56.3 Å². The Balaban J connectivity index is 1.26. The number of aromatic nitrogens is 2. The van der Waals surface area contributed by atoms with Crippen molar-refractivity contribution in [1.82, 2.24) is 9.97 Å². The predicted molar refractivity (Wildman–Crippen MR) is 119 cm³/mol. The number of nitrogens with one attached hydrogen (secondary N) is 1. The minimum absolute atomic E-state index is 0.234. The van der Waals surface area contributed by atoms with E-state index >= 15 is 0 Å². The van der Waals surface area contributed by atoms with Crippen molar-refractivity contribution in [1.29, 1.82) is 0 Å². The molecule has 0 aliphatic heterocycles. The molecule has 2 aromatic heterocycles. The lowest BCUT2D eigenvalue weighted by Crippen LogP contribution is -2.17. The lowest BCUT2D eigenvalue weighted by Gasteiger charge is -2.10. The maximum Gasteiger partial charge on any atom is 0.573 e. The standard InChI is InChI=1S/C22H17ClF3N3O2S/c23-18-12-32-21-19(18)20(28-13-29-21)27-10-9-14-1-5-16(6-2-14)30-11-15-3-7-17(8-4-15)31-22(24,25)26/h1-8,12-13H,9-11H2,(H,27,28,29). The van der Waals surface area contributed by atoms with E-state index in [4.69, 9.17) is 16.3 Å². The van der Waals surface area contributed by atoms with Gasteiger partial charge in [-0.1, -0.05) is 35.9 Å². The smallest absolute Gasteiger partial charge is 0.489 e. The highest BCUT2D eigenvalue weighted by atomic mass is 35.5. The number of hydrogen-bond donors (Lipinski definition) is 1. The highest BCUT2D eigenvalue weighted by molar-refractivity contribution is 7.17. The van der Waals surface area contributed by atoms with Crippen LogP contribution in [0.25, 0.3) is 10.2 Å². The number of halogens is 4. The van der Waals surface area contributed by atoms with Gasteiger partial charge in [-0.25, -0.2) is 9.97 Å². The molecule has 0 bridgehead atoms. The molecule has 0 spiro atoms. The van der Waals surface area contributed by atoms with E-state index in [2.05, 4.69) is 20.0 Å². The average Bonchev–Trinajstić information content (AvgIpc) is 3.15. The molecular formula is C22H17ClF3N3O2S. The van der Waals surface area contributed by atoms with Crippen molar-refractivity contribution in [2.24, 2.45) is 0 Å². The second kappa shape index (κ2) is 9.62. The Kier molecular flexibility index (Phi) is 6.66. The van der Waals surface area contributed by atoms with Gasteiger partial charge in [0.1, 0.15) is 35.1 Å². The molecule has 0 unspecified atom stereocenters. The highest BCUT2D eigenvalue weighted by Crippen LogP contribution is 2.32. The van der Waals surface area contributed by atoms with Crippen LogP contribution in [0.1, 0.15) is 11.1 Å². The normalized spacial score (nSPS) is 11.5. The minimum Gasteiger partial charge on any atom is -0.489 e. The first kappa shape index (κ1) is 22.2. The molecule has 0 fully saturated rings. The molecule has 0 amide bonds. The van der Waals surface area contributed by atoms with Crippen LogP contribution in [0.2, 0.25) is 5.02 Å². The molecule has 0 radical (unpaired) electrons. The van der Waals surface area contributed by atoms with Crippen molar-refractivity contribution in [3.8, 4) is 11.5 Å². The Hall–Kier alpha value is -3.04. The summed E-state index contributed by atoms with van der Waals surface area (Å²) in [5.74, 6) is 1.12. The number of fused-ring (bicyclic) bond motifs is 1. The molecule has 0 aliphatic rings. The summed E-state index contributed by atoms with van der Waals surface area (Å²) in [5.41, 5.74) is 1.84. The maximum atomic E-state index is 12.2. The zero-order valence-electron chi connectivity index (χ0n) is 16.5. The highest BCUT2D eigenvalue weighted by Gasteiger charge is 2.30. The molecule has 0 saturated heterocycles. The molecule has 2 heterocycles. The van der Waals surface area contributed by atoms with Crippen LogP contribution in [-0.2, 0) is 13.0 Å². The van der Waals surface area contributed by atoms with Crippen molar-refractivity contribution < 1.29 is 22.6 Å². The van der Waals surface area contributed by atoms with Gasteiger partial charge in [-0.15, -0.1) is 24.5 Å². The summed E-state index contributed by atoms with van der Waals surface area (Å²) in [7, 11) is 0. The van der Waals surface area contributed by atoms with Crippen LogP contribution < -0.4 is 14.8 Å². The summed E-state index contributed by atoms with van der Waals surface area (Å²) in [4.78, 5) is 9.34. The molecule has 4 rings (SSSR count). The van der Waals surface area contributed by atoms with Gasteiger partial charge in [0, 0.05) is 11.9 Å². The lowest BCUT2D eigenvalue weighted by molar-refractivity contribution is -0.274. The Morgan fingerprint density at radius 1 is 0.938 bits per heavy atom. The number of rotatable bonds is 8. The van der Waals surface area contributed by atoms with Gasteiger partial charge < -0.3 is 14.8 Å². The Labute approximate surface area is 190 Å². The summed E-state index contributed by atoms with van der Waals surface area (Å²) in [6.45, 7) is 0.906. The summed E-state index contributed by atoms with van der Waals surface area (Å²) in [5, 5.41) is 6.62. The van der Waals surface area contributed by atoms with Crippen LogP contribution in [-0.4, -0.2) is 22.9 Å². The molecule has 0 aliphatic carbocycles. The van der Waals surface area contributed by atoms with E-state index in [0.29, 0.717) is 23.1 Å². The third kappa shape index (κ3) is 5.80. The zero-order chi connectivity index (χ0) is 22.6. The number of anilines is 1. The van der Waals surface area contributed by atoms with Gasteiger partial charge >= 0.3 is 6.36 Å². The first-order valence-electron chi connectivity index (χ1n) is 9.55. The van der Waals surface area contributed by atoms with Gasteiger partial charge in [0.25, 0.3) is 0 Å². The number of nitrogens with zero attached hydrogens (tertiary/aromatic N) is 2. The molecule has 32 heavy (non-hydrogen) atoms. The molecule has 166 valence electrons. The number of ether oxygens (including phenoxy) is 2. The third-order valence-corrected chi connectivity index (χ3v) is 5.83. The summed E-state index contributed by atoms with van der Waals surface area (Å²) >= 11 is 7.70. The van der Waals surface area contributed by atoms with E-state index in [0.717, 1.165) is 27.8 Å². The Bertz CT molecular complexity index is 1180. The lowest BCUT2D eigenvalue weighted by atomic mass is 10.1. The minimum atomic E-state index is -4.70. The van der Waals surface area contributed by atoms with Gasteiger partial charge in [-0.2, -0.15) is 0 Å². The summed E-state index contributed by atoms with van der Waals surface area (Å²) < 4.78 is 46.2. The average molecular weight is 480 g/mol. The van der Waals surface area contributed by atoms with E-state index in [1.807, 2.05) is 29.6 Å². The number of alkyl halides is 3. The van der Waals surface area contributed by atoms with E-state index < -0.39 is 6.36 Å². The first-order chi connectivity index (χ1) is 15.4. The van der Waals surface area contributed by atoms with Crippen molar-refractivity contribution >= 4 is 39.0 Å². The molecule has 1 N–H and O–H groups in total. The molecule has 0 saturated carbocycles. The SMILES string of the molecule is FC(F)(F)Oc1ccc(COc2ccc(CCNc3ncnc4scc(Cl)c34)cc2)cc1. The van der Waals surface area contributed by atoms with Crippen molar-refractivity contribution in [2.75, 3.05) is 11.9 Å². The van der Waals surface area contributed by atoms with Crippen LogP contribution in [0.15, 0.2) is 60.2 Å². The first-order valence-corrected chi connectivity index (χ1v) is 10.8. The number of benzene rings is 2. The van der Waals surface area contributed by atoms with Crippen LogP contribution in [0.5, 0.6) is 11.5 Å². The van der Waals surface area contributed by atoms with E-state index in [1.165, 1.54) is 41.9 Å². The van der Waals surface area contributed by atoms with Crippen molar-refractivity contribution in [3.05, 3.63) is 76.4 Å². The fourth-order valence-electron chi connectivity index (χ4n) is 3.01. The number of hydrogen-bond acceptors (Lipinski definition) is 6. The van der Waals surface area contributed by atoms with E-state index in [1.54, 1.807) is 0 Å². The number of thiophene rings is 1. The molecule has 5 nitrogen and oxygen atoms in total. The second-order valence-corrected chi connectivity index (χ2v) is 8.05. The molecule has 10 heteroatoms. The van der Waals surface area contributed by atoms with Gasteiger partial charge in [0.05, 0.1) is 10.4 Å². The van der Waals surface area contributed by atoms with E-state index in [9.17, 15) is 13.2 Å². The summed E-state index contributed by atoms with van der Waals surface area (Å²) in [6, 6.07) is 13.2. The maximum absolute atomic E-state index is 12.2. The van der Waals surface area contributed by atoms with Crippen molar-refractivity contribution in [3.63, 3.8) is 0 Å². The van der Waals surface area contributed by atoms with Crippen LogP contribution in [0.3, 0.4) is 0 Å². The fraction of sp³-hybridized carbons (Fsp3) is 0.182. The molecular weight excluding hydrogens is 463 g/mol. The van der Waals surface area contributed by atoms with Crippen LogP contribution in [0.4, 0.5) is 19.0 Å². The van der Waals surface area contributed by atoms with Gasteiger partial charge in [0.15, 0.2) is 0 Å². The third-order valence-electron chi connectivity index (χ3n) is 4.52. The van der Waals surface area contributed by atoms with Crippen molar-refractivity contribution in [2.45, 2.75) is 19.4 Å². The van der Waals surface area contributed by atoms with Crippen LogP contribution >= 0.6 is 22.9 Å². The summed E-state index contributed by atoms with van der Waals surface area (Å²) in [6.07, 6.45) is -2.41. The molecule has 4 aromatic rings. The van der Waals surface area contributed by atoms with Crippen LogP contribution in [0, 0.1) is 0 Å². The van der Waals surface area contributed by atoms with Gasteiger partial charge in [-0.05, 0) is 41.8 Å². The van der Waals surface area contributed by atoms with E-state index in [-0.39, 0.29) is 12.4 Å². The molecule has 0 atom stereocenters. The van der Waals surface area contributed by atoms with Gasteiger partial charge in [-0.3, -0.25) is 0 Å².